The minimum Gasteiger partial charge on any atom is -0.243 e. The van der Waals surface area contributed by atoms with Crippen molar-refractivity contribution in [3.8, 4) is 0 Å². The Hall–Kier alpha value is -3.37. The van der Waals surface area contributed by atoms with Crippen molar-refractivity contribution in [3.05, 3.63) is 94.7 Å². The Morgan fingerprint density at radius 1 is 0.639 bits per heavy atom. The zero-order valence-electron chi connectivity index (χ0n) is 21.7. The maximum Gasteiger partial charge on any atom is 0.386 e. The number of hydrogen-bond donors (Lipinski definition) is 0. The third kappa shape index (κ3) is 9.71. The summed E-state index contributed by atoms with van der Waals surface area (Å²) in [5.74, 6) is -1.89. The Kier molecular flexibility index (Phi) is 12.5. The molecule has 0 aromatic heterocycles. The SMILES string of the molecule is C=C(OOC(=O)c1ccc([SiH2]C=C(CC)CC)cc1)OOC(=O)c1ccc([SiH2]C=C(CC)CC)cc1. The van der Waals surface area contributed by atoms with Crippen LogP contribution in [0.1, 0.15) is 74.1 Å². The van der Waals surface area contributed by atoms with E-state index in [-0.39, 0.29) is 0 Å². The molecule has 0 atom stereocenters. The van der Waals surface area contributed by atoms with Crippen LogP contribution in [0.3, 0.4) is 0 Å². The van der Waals surface area contributed by atoms with E-state index in [1.54, 1.807) is 24.3 Å². The van der Waals surface area contributed by atoms with Crippen molar-refractivity contribution in [2.75, 3.05) is 0 Å². The van der Waals surface area contributed by atoms with E-state index in [4.69, 9.17) is 19.6 Å². The Bertz CT molecular complexity index is 975. The largest absolute Gasteiger partial charge is 0.386 e. The van der Waals surface area contributed by atoms with E-state index in [1.165, 1.54) is 21.5 Å². The van der Waals surface area contributed by atoms with Crippen molar-refractivity contribution in [2.45, 2.75) is 53.4 Å². The number of benzene rings is 2. The van der Waals surface area contributed by atoms with Gasteiger partial charge in [-0.05, 0) is 56.5 Å². The zero-order valence-corrected chi connectivity index (χ0v) is 24.5. The van der Waals surface area contributed by atoms with Gasteiger partial charge in [-0.25, -0.2) is 29.1 Å². The van der Waals surface area contributed by atoms with Crippen LogP contribution in [0.15, 0.2) is 83.6 Å². The Morgan fingerprint density at radius 3 is 1.28 bits per heavy atom. The molecule has 0 saturated heterocycles. The molecule has 0 aliphatic heterocycles. The van der Waals surface area contributed by atoms with Gasteiger partial charge in [0.1, 0.15) is 0 Å². The van der Waals surface area contributed by atoms with Gasteiger partial charge in [-0.15, -0.1) is 0 Å². The number of hydrogen-bond acceptors (Lipinski definition) is 6. The summed E-state index contributed by atoms with van der Waals surface area (Å²) in [5.41, 5.74) is 8.28. The van der Waals surface area contributed by atoms with Crippen molar-refractivity contribution in [1.29, 1.82) is 0 Å². The number of carbonyl (C=O) groups is 2. The van der Waals surface area contributed by atoms with Gasteiger partial charge < -0.3 is 0 Å². The highest BCUT2D eigenvalue weighted by atomic mass is 28.2. The van der Waals surface area contributed by atoms with Gasteiger partial charge in [0.25, 0.3) is 0 Å². The molecular weight excluding hydrogens is 488 g/mol. The van der Waals surface area contributed by atoms with E-state index in [0.29, 0.717) is 11.1 Å². The minimum atomic E-state index is -0.708. The van der Waals surface area contributed by atoms with E-state index in [1.807, 2.05) is 24.3 Å². The monoisotopic (exact) mass is 524 g/mol. The smallest absolute Gasteiger partial charge is 0.243 e. The van der Waals surface area contributed by atoms with Crippen LogP contribution in [-0.2, 0) is 19.6 Å². The van der Waals surface area contributed by atoms with Gasteiger partial charge in [-0.3, -0.25) is 0 Å². The summed E-state index contributed by atoms with van der Waals surface area (Å²) >= 11 is 0. The molecule has 0 radical (unpaired) electrons. The first-order chi connectivity index (χ1) is 17.4. The molecule has 0 spiro atoms. The van der Waals surface area contributed by atoms with Gasteiger partial charge in [0.15, 0.2) is 0 Å². The standard InChI is InChI=1S/C28H36O6Si2/c1-6-21(7-2)18-35-25-14-10-23(11-15-25)27(29)33-31-20(5)32-34-28(30)24-12-16-26(17-13-24)36-19-22(8-3)9-4/h10-19H,5-9,35-36H2,1-4H3. The number of rotatable bonds is 14. The molecule has 2 rings (SSSR count). The third-order valence-electron chi connectivity index (χ3n) is 5.87. The van der Waals surface area contributed by atoms with E-state index in [2.05, 4.69) is 45.7 Å². The summed E-state index contributed by atoms with van der Waals surface area (Å²) in [6.45, 7) is 12.1. The lowest BCUT2D eigenvalue weighted by Gasteiger charge is -2.08. The number of allylic oxidation sites excluding steroid dienone is 2. The molecule has 0 amide bonds. The number of carbonyl (C=O) groups excluding carboxylic acids is 2. The first-order valence-electron chi connectivity index (χ1n) is 12.4. The molecule has 0 aliphatic carbocycles. The summed E-state index contributed by atoms with van der Waals surface area (Å²) in [5, 5.41) is 2.45. The lowest BCUT2D eigenvalue weighted by molar-refractivity contribution is -0.317. The molecule has 0 unspecified atom stereocenters. The van der Waals surface area contributed by atoms with Crippen LogP contribution in [0, 0.1) is 0 Å². The fourth-order valence-electron chi connectivity index (χ4n) is 3.43. The second-order valence-corrected chi connectivity index (χ2v) is 11.5. The Balaban J connectivity index is 1.77. The van der Waals surface area contributed by atoms with Gasteiger partial charge in [0.2, 0.25) is 0 Å². The summed E-state index contributed by atoms with van der Waals surface area (Å²) in [6.07, 6.45) is 4.27. The highest BCUT2D eigenvalue weighted by molar-refractivity contribution is 6.59. The summed E-state index contributed by atoms with van der Waals surface area (Å²) < 4.78 is 0. The average Bonchev–Trinajstić information content (AvgIpc) is 2.92. The molecular formula is C28H36O6Si2. The van der Waals surface area contributed by atoms with Crippen LogP contribution >= 0.6 is 0 Å². The molecule has 36 heavy (non-hydrogen) atoms. The van der Waals surface area contributed by atoms with Crippen LogP contribution in [0.2, 0.25) is 0 Å². The molecule has 8 heteroatoms. The lowest BCUT2D eigenvalue weighted by Crippen LogP contribution is -2.15. The van der Waals surface area contributed by atoms with E-state index in [9.17, 15) is 9.59 Å². The maximum atomic E-state index is 12.2. The molecule has 0 fully saturated rings. The zero-order chi connectivity index (χ0) is 26.3. The molecule has 2 aromatic rings. The minimum absolute atomic E-state index is 0.330. The van der Waals surface area contributed by atoms with Crippen LogP contribution in [0.4, 0.5) is 0 Å². The van der Waals surface area contributed by atoms with Gasteiger partial charge in [0, 0.05) is 0 Å². The molecule has 0 heterocycles. The normalized spacial score (nSPS) is 10.8. The molecule has 0 N–H and O–H groups in total. The Labute approximate surface area is 218 Å². The molecule has 0 bridgehead atoms. The van der Waals surface area contributed by atoms with E-state index < -0.39 is 36.9 Å². The fraction of sp³-hybridized carbons (Fsp3) is 0.286. The third-order valence-corrected chi connectivity index (χ3v) is 9.32. The van der Waals surface area contributed by atoms with Gasteiger partial charge in [-0.1, -0.05) is 84.9 Å². The second kappa shape index (κ2) is 15.6. The summed E-state index contributed by atoms with van der Waals surface area (Å²) in [6, 6.07) is 14.5. The molecule has 192 valence electrons. The van der Waals surface area contributed by atoms with Gasteiger partial charge in [0.05, 0.1) is 30.2 Å². The van der Waals surface area contributed by atoms with Crippen LogP contribution in [0.5, 0.6) is 0 Å². The molecule has 2 aromatic carbocycles. The predicted molar refractivity (Wildman–Crippen MR) is 149 cm³/mol. The Morgan fingerprint density at radius 2 is 0.972 bits per heavy atom. The second-order valence-electron chi connectivity index (χ2n) is 8.22. The predicted octanol–water partition coefficient (Wildman–Crippen LogP) is 4.03. The van der Waals surface area contributed by atoms with Crippen LogP contribution in [-0.4, -0.2) is 31.0 Å². The fourth-order valence-corrected chi connectivity index (χ4v) is 6.65. The van der Waals surface area contributed by atoms with Crippen molar-refractivity contribution in [2.24, 2.45) is 0 Å². The van der Waals surface area contributed by atoms with Gasteiger partial charge >= 0.3 is 17.9 Å². The highest BCUT2D eigenvalue weighted by Crippen LogP contribution is 2.08. The van der Waals surface area contributed by atoms with Crippen LogP contribution < -0.4 is 10.4 Å². The van der Waals surface area contributed by atoms with Crippen LogP contribution in [0.25, 0.3) is 0 Å². The topological polar surface area (TPSA) is 71.1 Å². The maximum absolute atomic E-state index is 12.2. The first-order valence-corrected chi connectivity index (χ1v) is 15.4. The average molecular weight is 525 g/mol. The lowest BCUT2D eigenvalue weighted by atomic mass is 10.2. The van der Waals surface area contributed by atoms with Crippen molar-refractivity contribution in [1.82, 2.24) is 0 Å². The van der Waals surface area contributed by atoms with Crippen molar-refractivity contribution in [3.63, 3.8) is 0 Å². The molecule has 6 nitrogen and oxygen atoms in total. The highest BCUT2D eigenvalue weighted by Gasteiger charge is 2.14. The quantitative estimate of drug-likeness (QED) is 0.161. The first kappa shape index (κ1) is 28.9. The van der Waals surface area contributed by atoms with Gasteiger partial charge in [-0.2, -0.15) is 0 Å². The van der Waals surface area contributed by atoms with Crippen molar-refractivity contribution >= 4 is 41.4 Å². The summed E-state index contributed by atoms with van der Waals surface area (Å²) in [7, 11) is -1.04. The summed E-state index contributed by atoms with van der Waals surface area (Å²) in [4.78, 5) is 43.3. The molecule has 0 saturated carbocycles. The van der Waals surface area contributed by atoms with Crippen molar-refractivity contribution < 1.29 is 29.1 Å². The van der Waals surface area contributed by atoms with E-state index in [0.717, 1.165) is 25.7 Å². The molecule has 0 aliphatic rings. The van der Waals surface area contributed by atoms with E-state index >= 15 is 0 Å².